The summed E-state index contributed by atoms with van der Waals surface area (Å²) in [5, 5.41) is 4.38. The first kappa shape index (κ1) is 21.0. The molecule has 1 aliphatic rings. The molecule has 28 heavy (non-hydrogen) atoms. The molecule has 0 unspecified atom stereocenters. The molecule has 1 N–H and O–H groups in total. The summed E-state index contributed by atoms with van der Waals surface area (Å²) in [7, 11) is 0. The van der Waals surface area contributed by atoms with Crippen LogP contribution in [0.25, 0.3) is 0 Å². The lowest BCUT2D eigenvalue weighted by Gasteiger charge is -2.31. The van der Waals surface area contributed by atoms with E-state index in [0.29, 0.717) is 15.8 Å². The largest absolute Gasteiger partial charge is 0.489 e. The van der Waals surface area contributed by atoms with Crippen LogP contribution < -0.4 is 10.1 Å². The highest BCUT2D eigenvalue weighted by atomic mass is 35.5. The zero-order valence-electron chi connectivity index (χ0n) is 16.3. The lowest BCUT2D eigenvalue weighted by Crippen LogP contribution is -2.37. The third-order valence-corrected chi connectivity index (χ3v) is 5.46. The zero-order chi connectivity index (χ0) is 20.1. The van der Waals surface area contributed by atoms with Crippen LogP contribution in [0.1, 0.15) is 32.3 Å². The number of para-hydroxylation sites is 2. The van der Waals surface area contributed by atoms with Crippen LogP contribution in [0.2, 0.25) is 10.0 Å². The maximum Gasteiger partial charge on any atom is 0.227 e. The summed E-state index contributed by atoms with van der Waals surface area (Å²) in [6, 6.07) is 13.2. The minimum atomic E-state index is 0.00375. The van der Waals surface area contributed by atoms with Gasteiger partial charge in [0.25, 0.3) is 0 Å². The summed E-state index contributed by atoms with van der Waals surface area (Å²) < 4.78 is 5.79. The van der Waals surface area contributed by atoms with Gasteiger partial charge in [-0.25, -0.2) is 0 Å². The minimum absolute atomic E-state index is 0.00375. The van der Waals surface area contributed by atoms with Crippen LogP contribution in [0.5, 0.6) is 5.75 Å². The van der Waals surface area contributed by atoms with Crippen LogP contribution >= 0.6 is 23.2 Å². The standard InChI is InChI=1S/C22H26Cl2N2O2/c1-15(2)28-21-6-4-3-5-20(21)25-22(27)16-9-11-26(12-10-16)14-17-7-8-18(23)13-19(17)24/h3-8,13,15-16H,9-12,14H2,1-2H3,(H,25,27). The molecular weight excluding hydrogens is 395 g/mol. The predicted octanol–water partition coefficient (Wildman–Crippen LogP) is 5.63. The smallest absolute Gasteiger partial charge is 0.227 e. The molecule has 150 valence electrons. The van der Waals surface area contributed by atoms with Crippen LogP contribution in [0.3, 0.4) is 0 Å². The van der Waals surface area contributed by atoms with Crippen LogP contribution in [-0.4, -0.2) is 30.0 Å². The molecule has 0 aromatic heterocycles. The number of benzene rings is 2. The van der Waals surface area contributed by atoms with Crippen LogP contribution in [0.4, 0.5) is 5.69 Å². The number of carbonyl (C=O) groups excluding carboxylic acids is 1. The van der Waals surface area contributed by atoms with Gasteiger partial charge in [0, 0.05) is 22.5 Å². The van der Waals surface area contributed by atoms with E-state index in [1.807, 2.05) is 50.2 Å². The Hall–Kier alpha value is -1.75. The van der Waals surface area contributed by atoms with E-state index in [4.69, 9.17) is 27.9 Å². The van der Waals surface area contributed by atoms with Gasteiger partial charge in [-0.05, 0) is 69.6 Å². The Balaban J connectivity index is 1.54. The molecule has 0 saturated carbocycles. The maximum atomic E-state index is 12.7. The van der Waals surface area contributed by atoms with Gasteiger partial charge in [-0.3, -0.25) is 9.69 Å². The molecular formula is C22H26Cl2N2O2. The second kappa shape index (κ2) is 9.64. The molecule has 1 heterocycles. The average molecular weight is 421 g/mol. The van der Waals surface area contributed by atoms with Crippen molar-refractivity contribution in [3.63, 3.8) is 0 Å². The number of carbonyl (C=O) groups is 1. The number of halogens is 2. The van der Waals surface area contributed by atoms with E-state index < -0.39 is 0 Å². The van der Waals surface area contributed by atoms with E-state index in [1.165, 1.54) is 0 Å². The van der Waals surface area contributed by atoms with Gasteiger partial charge < -0.3 is 10.1 Å². The number of piperidine rings is 1. The first-order valence-electron chi connectivity index (χ1n) is 9.65. The second-order valence-corrected chi connectivity index (χ2v) is 8.28. The Morgan fingerprint density at radius 1 is 1.18 bits per heavy atom. The van der Waals surface area contributed by atoms with Crippen molar-refractivity contribution < 1.29 is 9.53 Å². The van der Waals surface area contributed by atoms with Crippen LogP contribution in [0.15, 0.2) is 42.5 Å². The van der Waals surface area contributed by atoms with E-state index in [0.717, 1.165) is 43.7 Å². The maximum absolute atomic E-state index is 12.7. The first-order chi connectivity index (χ1) is 13.4. The summed E-state index contributed by atoms with van der Waals surface area (Å²) in [4.78, 5) is 15.1. The number of likely N-dealkylation sites (tertiary alicyclic amines) is 1. The SMILES string of the molecule is CC(C)Oc1ccccc1NC(=O)C1CCN(Cc2ccc(Cl)cc2Cl)CC1. The fourth-order valence-corrected chi connectivity index (χ4v) is 3.87. The fourth-order valence-electron chi connectivity index (χ4n) is 3.41. The molecule has 3 rings (SSSR count). The number of hydrogen-bond acceptors (Lipinski definition) is 3. The molecule has 0 aliphatic carbocycles. The summed E-state index contributed by atoms with van der Waals surface area (Å²) in [5.74, 6) is 0.772. The van der Waals surface area contributed by atoms with Crippen molar-refractivity contribution in [2.75, 3.05) is 18.4 Å². The molecule has 1 fully saturated rings. The Morgan fingerprint density at radius 3 is 2.57 bits per heavy atom. The summed E-state index contributed by atoms with van der Waals surface area (Å²) in [5.41, 5.74) is 1.80. The summed E-state index contributed by atoms with van der Waals surface area (Å²) in [6.45, 7) is 6.44. The van der Waals surface area contributed by atoms with E-state index >= 15 is 0 Å². The highest BCUT2D eigenvalue weighted by Crippen LogP contribution is 2.28. The van der Waals surface area contributed by atoms with E-state index in [2.05, 4.69) is 10.2 Å². The third-order valence-electron chi connectivity index (χ3n) is 4.88. The summed E-state index contributed by atoms with van der Waals surface area (Å²) in [6.07, 6.45) is 1.70. The molecule has 0 spiro atoms. The van der Waals surface area contributed by atoms with E-state index in [-0.39, 0.29) is 17.9 Å². The van der Waals surface area contributed by atoms with Gasteiger partial charge in [0.1, 0.15) is 5.75 Å². The van der Waals surface area contributed by atoms with Crippen molar-refractivity contribution in [1.29, 1.82) is 0 Å². The van der Waals surface area contributed by atoms with E-state index in [9.17, 15) is 4.79 Å². The number of nitrogens with zero attached hydrogens (tertiary/aromatic N) is 1. The Morgan fingerprint density at radius 2 is 1.89 bits per heavy atom. The highest BCUT2D eigenvalue weighted by molar-refractivity contribution is 6.35. The average Bonchev–Trinajstić information content (AvgIpc) is 2.66. The number of amides is 1. The first-order valence-corrected chi connectivity index (χ1v) is 10.4. The number of hydrogen-bond donors (Lipinski definition) is 1. The number of ether oxygens (including phenoxy) is 1. The molecule has 6 heteroatoms. The highest BCUT2D eigenvalue weighted by Gasteiger charge is 2.26. The minimum Gasteiger partial charge on any atom is -0.489 e. The van der Waals surface area contributed by atoms with Gasteiger partial charge in [-0.2, -0.15) is 0 Å². The Kier molecular flexibility index (Phi) is 7.22. The van der Waals surface area contributed by atoms with Gasteiger partial charge in [0.05, 0.1) is 11.8 Å². The monoisotopic (exact) mass is 420 g/mol. The van der Waals surface area contributed by atoms with Gasteiger partial charge in [0.15, 0.2) is 0 Å². The predicted molar refractivity (Wildman–Crippen MR) is 115 cm³/mol. The zero-order valence-corrected chi connectivity index (χ0v) is 17.8. The van der Waals surface area contributed by atoms with Crippen LogP contribution in [-0.2, 0) is 11.3 Å². The molecule has 1 aliphatic heterocycles. The quantitative estimate of drug-likeness (QED) is 0.657. The van der Waals surface area contributed by atoms with Gasteiger partial charge >= 0.3 is 0 Å². The third kappa shape index (κ3) is 5.63. The summed E-state index contributed by atoms with van der Waals surface area (Å²) >= 11 is 12.2. The molecule has 2 aromatic rings. The Labute approximate surface area is 176 Å². The fraction of sp³-hybridized carbons (Fsp3) is 0.409. The number of anilines is 1. The van der Waals surface area contributed by atoms with Crippen molar-refractivity contribution >= 4 is 34.8 Å². The second-order valence-electron chi connectivity index (χ2n) is 7.44. The van der Waals surface area contributed by atoms with Crippen LogP contribution in [0, 0.1) is 5.92 Å². The number of nitrogens with one attached hydrogen (secondary N) is 1. The van der Waals surface area contributed by atoms with Crippen molar-refractivity contribution in [3.05, 3.63) is 58.1 Å². The van der Waals surface area contributed by atoms with Crippen molar-refractivity contribution in [3.8, 4) is 5.75 Å². The lowest BCUT2D eigenvalue weighted by atomic mass is 9.95. The molecule has 0 radical (unpaired) electrons. The van der Waals surface area contributed by atoms with Crippen molar-refractivity contribution in [2.24, 2.45) is 5.92 Å². The molecule has 0 bridgehead atoms. The van der Waals surface area contributed by atoms with Crippen molar-refractivity contribution in [1.82, 2.24) is 4.90 Å². The van der Waals surface area contributed by atoms with Gasteiger partial charge in [-0.15, -0.1) is 0 Å². The van der Waals surface area contributed by atoms with Gasteiger partial charge in [-0.1, -0.05) is 41.4 Å². The lowest BCUT2D eigenvalue weighted by molar-refractivity contribution is -0.121. The van der Waals surface area contributed by atoms with Gasteiger partial charge in [0.2, 0.25) is 5.91 Å². The Bertz CT molecular complexity index is 818. The van der Waals surface area contributed by atoms with Crippen molar-refractivity contribution in [2.45, 2.75) is 39.3 Å². The number of rotatable bonds is 6. The molecule has 4 nitrogen and oxygen atoms in total. The van der Waals surface area contributed by atoms with E-state index in [1.54, 1.807) is 6.07 Å². The molecule has 1 amide bonds. The molecule has 1 saturated heterocycles. The molecule has 0 atom stereocenters. The topological polar surface area (TPSA) is 41.6 Å². The normalized spacial score (nSPS) is 15.6. The molecule has 2 aromatic carbocycles.